The van der Waals surface area contributed by atoms with E-state index in [2.05, 4.69) is 15.9 Å². The van der Waals surface area contributed by atoms with Gasteiger partial charge in [0.05, 0.1) is 11.1 Å². The molecule has 82 valence electrons. The minimum Gasteiger partial charge on any atom is -0.506 e. The molecule has 0 saturated heterocycles. The van der Waals surface area contributed by atoms with Gasteiger partial charge in [-0.1, -0.05) is 6.92 Å². The van der Waals surface area contributed by atoms with Crippen LogP contribution in [0.5, 0.6) is 11.5 Å². The number of benzene rings is 1. The van der Waals surface area contributed by atoms with Crippen LogP contribution in [0.15, 0.2) is 10.5 Å². The fourth-order valence-corrected chi connectivity index (χ4v) is 2.42. The summed E-state index contributed by atoms with van der Waals surface area (Å²) in [5.74, 6) is 1.31. The zero-order chi connectivity index (χ0) is 11.0. The Balaban J connectivity index is 2.54. The van der Waals surface area contributed by atoms with Crippen LogP contribution in [0.25, 0.3) is 0 Å². The van der Waals surface area contributed by atoms with Gasteiger partial charge in [0.2, 0.25) is 0 Å². The third-order valence-corrected chi connectivity index (χ3v) is 3.68. The van der Waals surface area contributed by atoms with Gasteiger partial charge in [0.15, 0.2) is 0 Å². The molecule has 2 rings (SSSR count). The van der Waals surface area contributed by atoms with Crippen molar-refractivity contribution in [2.45, 2.75) is 19.3 Å². The maximum Gasteiger partial charge on any atom is 0.133 e. The number of hydrogen-bond donors (Lipinski definition) is 2. The van der Waals surface area contributed by atoms with Gasteiger partial charge in [-0.05, 0) is 34.5 Å². The highest BCUT2D eigenvalue weighted by atomic mass is 79.9. The predicted molar refractivity (Wildman–Crippen MR) is 62.5 cm³/mol. The third-order valence-electron chi connectivity index (χ3n) is 2.82. The van der Waals surface area contributed by atoms with Crippen LogP contribution in [0.2, 0.25) is 0 Å². The molecule has 1 aromatic rings. The molecule has 0 aromatic heterocycles. The highest BCUT2D eigenvalue weighted by molar-refractivity contribution is 9.10. The van der Waals surface area contributed by atoms with E-state index < -0.39 is 0 Å². The van der Waals surface area contributed by atoms with E-state index in [4.69, 9.17) is 10.5 Å². The number of phenolic OH excluding ortho intramolecular Hbond substituents is 1. The van der Waals surface area contributed by atoms with E-state index in [1.165, 1.54) is 0 Å². The molecule has 0 spiro atoms. The number of halogens is 1. The van der Waals surface area contributed by atoms with Gasteiger partial charge in [-0.15, -0.1) is 0 Å². The number of fused-ring (bicyclic) bond motifs is 1. The number of hydrogen-bond acceptors (Lipinski definition) is 3. The Kier molecular flexibility index (Phi) is 2.89. The van der Waals surface area contributed by atoms with Crippen molar-refractivity contribution < 1.29 is 9.84 Å². The summed E-state index contributed by atoms with van der Waals surface area (Å²) in [7, 11) is 0. The van der Waals surface area contributed by atoms with Crippen LogP contribution >= 0.6 is 15.9 Å². The lowest BCUT2D eigenvalue weighted by atomic mass is 9.98. The molecule has 1 unspecified atom stereocenters. The van der Waals surface area contributed by atoms with Crippen LogP contribution < -0.4 is 10.5 Å². The Morgan fingerprint density at radius 2 is 2.40 bits per heavy atom. The molecule has 3 N–H and O–H groups in total. The Bertz CT molecular complexity index is 393. The topological polar surface area (TPSA) is 55.5 Å². The lowest BCUT2D eigenvalue weighted by Crippen LogP contribution is -2.09. The van der Waals surface area contributed by atoms with Gasteiger partial charge in [-0.3, -0.25) is 0 Å². The quantitative estimate of drug-likeness (QED) is 0.867. The number of aromatic hydroxyl groups is 1. The standard InChI is InChI=1S/C11H14BrNO2/c1-6(5-13)8-4-9-7(2-3-15-9)10(12)11(8)14/h4,6,14H,2-3,5,13H2,1H3. The Morgan fingerprint density at radius 1 is 1.67 bits per heavy atom. The number of nitrogens with two attached hydrogens (primary N) is 1. The van der Waals surface area contributed by atoms with Crippen LogP contribution in [0, 0.1) is 0 Å². The van der Waals surface area contributed by atoms with E-state index >= 15 is 0 Å². The fraction of sp³-hybridized carbons (Fsp3) is 0.455. The van der Waals surface area contributed by atoms with Crippen molar-refractivity contribution in [1.82, 2.24) is 0 Å². The normalized spacial score (nSPS) is 15.9. The summed E-state index contributed by atoms with van der Waals surface area (Å²) in [5, 5.41) is 10.0. The van der Waals surface area contributed by atoms with Crippen LogP contribution in [-0.4, -0.2) is 18.3 Å². The minimum absolute atomic E-state index is 0.135. The van der Waals surface area contributed by atoms with Crippen molar-refractivity contribution in [3.63, 3.8) is 0 Å². The Hall–Kier alpha value is -0.740. The van der Waals surface area contributed by atoms with Gasteiger partial charge >= 0.3 is 0 Å². The molecule has 1 aliphatic rings. The molecular formula is C11H14BrNO2. The molecule has 0 amide bonds. The van der Waals surface area contributed by atoms with E-state index in [1.54, 1.807) is 0 Å². The average molecular weight is 272 g/mol. The molecule has 1 aromatic carbocycles. The number of phenols is 1. The molecule has 15 heavy (non-hydrogen) atoms. The molecule has 3 nitrogen and oxygen atoms in total. The molecular weight excluding hydrogens is 258 g/mol. The van der Waals surface area contributed by atoms with Crippen LogP contribution in [0.3, 0.4) is 0 Å². The van der Waals surface area contributed by atoms with Crippen molar-refractivity contribution >= 4 is 15.9 Å². The smallest absolute Gasteiger partial charge is 0.133 e. The van der Waals surface area contributed by atoms with E-state index in [1.807, 2.05) is 13.0 Å². The molecule has 0 aliphatic carbocycles. The van der Waals surface area contributed by atoms with Crippen LogP contribution in [0.1, 0.15) is 24.0 Å². The summed E-state index contributed by atoms with van der Waals surface area (Å²) < 4.78 is 6.24. The first-order valence-corrected chi connectivity index (χ1v) is 5.81. The maximum atomic E-state index is 10.0. The van der Waals surface area contributed by atoms with Crippen molar-refractivity contribution in [2.75, 3.05) is 13.2 Å². The molecule has 4 heteroatoms. The van der Waals surface area contributed by atoms with Gasteiger partial charge in [-0.2, -0.15) is 0 Å². The maximum absolute atomic E-state index is 10.0. The van der Waals surface area contributed by atoms with Crippen molar-refractivity contribution in [3.8, 4) is 11.5 Å². The van der Waals surface area contributed by atoms with E-state index in [9.17, 15) is 5.11 Å². The first kappa shape index (κ1) is 10.8. The highest BCUT2D eigenvalue weighted by Crippen LogP contribution is 2.42. The second-order valence-corrected chi connectivity index (χ2v) is 4.63. The predicted octanol–water partition coefficient (Wildman–Crippen LogP) is 2.15. The molecule has 1 heterocycles. The fourth-order valence-electron chi connectivity index (χ4n) is 1.80. The molecule has 0 fully saturated rings. The number of rotatable bonds is 2. The summed E-state index contributed by atoms with van der Waals surface area (Å²) in [5.41, 5.74) is 7.51. The summed E-state index contributed by atoms with van der Waals surface area (Å²) in [4.78, 5) is 0. The van der Waals surface area contributed by atoms with Crippen LogP contribution in [-0.2, 0) is 6.42 Å². The summed E-state index contributed by atoms with van der Waals surface area (Å²) in [6.45, 7) is 3.19. The molecule has 0 saturated carbocycles. The largest absolute Gasteiger partial charge is 0.506 e. The molecule has 1 aliphatic heterocycles. The highest BCUT2D eigenvalue weighted by Gasteiger charge is 2.22. The SMILES string of the molecule is CC(CN)c1cc2c(c(Br)c1O)CCO2. The zero-order valence-electron chi connectivity index (χ0n) is 8.59. The van der Waals surface area contributed by atoms with E-state index in [0.29, 0.717) is 18.9 Å². The van der Waals surface area contributed by atoms with Crippen molar-refractivity contribution in [1.29, 1.82) is 0 Å². The van der Waals surface area contributed by atoms with E-state index in [0.717, 1.165) is 27.8 Å². The lowest BCUT2D eigenvalue weighted by molar-refractivity contribution is 0.356. The van der Waals surface area contributed by atoms with Crippen molar-refractivity contribution in [2.24, 2.45) is 5.73 Å². The lowest BCUT2D eigenvalue weighted by Gasteiger charge is -2.14. The van der Waals surface area contributed by atoms with Gasteiger partial charge in [0.25, 0.3) is 0 Å². The van der Waals surface area contributed by atoms with Crippen LogP contribution in [0.4, 0.5) is 0 Å². The number of ether oxygens (including phenoxy) is 1. The first-order valence-electron chi connectivity index (χ1n) is 5.02. The van der Waals surface area contributed by atoms with Gasteiger partial charge in [0.1, 0.15) is 11.5 Å². The first-order chi connectivity index (χ1) is 7.15. The Morgan fingerprint density at radius 3 is 3.07 bits per heavy atom. The van der Waals surface area contributed by atoms with Gasteiger partial charge < -0.3 is 15.6 Å². The van der Waals surface area contributed by atoms with Gasteiger partial charge in [-0.25, -0.2) is 0 Å². The second kappa shape index (κ2) is 4.02. The summed E-state index contributed by atoms with van der Waals surface area (Å²) in [6, 6.07) is 1.90. The minimum atomic E-state index is 0.135. The summed E-state index contributed by atoms with van der Waals surface area (Å²) >= 11 is 3.41. The van der Waals surface area contributed by atoms with E-state index in [-0.39, 0.29) is 5.92 Å². The third kappa shape index (κ3) is 1.72. The van der Waals surface area contributed by atoms with Gasteiger partial charge in [0, 0.05) is 17.5 Å². The summed E-state index contributed by atoms with van der Waals surface area (Å²) in [6.07, 6.45) is 0.848. The molecule has 0 bridgehead atoms. The molecule has 1 atom stereocenters. The zero-order valence-corrected chi connectivity index (χ0v) is 10.2. The monoisotopic (exact) mass is 271 g/mol. The Labute approximate surface area is 97.4 Å². The molecule has 0 radical (unpaired) electrons. The average Bonchev–Trinajstić information content (AvgIpc) is 2.70. The second-order valence-electron chi connectivity index (χ2n) is 3.84. The van der Waals surface area contributed by atoms with Crippen molar-refractivity contribution in [3.05, 3.63) is 21.7 Å².